The molecular weight excluding hydrogens is 562 g/mol. The van der Waals surface area contributed by atoms with Crippen molar-refractivity contribution in [3.05, 3.63) is 107 Å². The molecular formula is C27H12F10O3. The molecule has 0 fully saturated rings. The van der Waals surface area contributed by atoms with Gasteiger partial charge in [-0.05, 0) is 36.4 Å². The summed E-state index contributed by atoms with van der Waals surface area (Å²) in [5.74, 6) is -7.40. The first-order valence-corrected chi connectivity index (χ1v) is 10.9. The first kappa shape index (κ1) is 28.5. The third-order valence-electron chi connectivity index (χ3n) is 5.45. The van der Waals surface area contributed by atoms with Crippen molar-refractivity contribution in [2.75, 3.05) is 0 Å². The molecule has 0 radical (unpaired) electrons. The molecule has 0 amide bonds. The van der Waals surface area contributed by atoms with Gasteiger partial charge in [-0.3, -0.25) is 0 Å². The molecule has 0 bridgehead atoms. The van der Waals surface area contributed by atoms with E-state index >= 15 is 0 Å². The van der Waals surface area contributed by atoms with Gasteiger partial charge in [-0.25, -0.2) is 22.4 Å². The van der Waals surface area contributed by atoms with Crippen molar-refractivity contribution in [3.63, 3.8) is 0 Å². The second-order valence-electron chi connectivity index (χ2n) is 8.06. The zero-order chi connectivity index (χ0) is 29.4. The summed E-state index contributed by atoms with van der Waals surface area (Å²) >= 11 is 0. The Morgan fingerprint density at radius 2 is 0.900 bits per heavy atom. The molecule has 0 saturated carbocycles. The molecule has 0 aliphatic rings. The Morgan fingerprint density at radius 1 is 0.525 bits per heavy atom. The number of rotatable bonds is 4. The topological polar surface area (TPSA) is 35.5 Å². The normalized spacial score (nSPS) is 11.8. The van der Waals surface area contributed by atoms with Crippen molar-refractivity contribution in [2.24, 2.45) is 0 Å². The van der Waals surface area contributed by atoms with Crippen LogP contribution >= 0.6 is 0 Å². The number of hydrogen-bond acceptors (Lipinski definition) is 3. The van der Waals surface area contributed by atoms with E-state index in [0.717, 1.165) is 24.3 Å². The largest absolute Gasteiger partial charge is 0.519 e. The van der Waals surface area contributed by atoms with Crippen LogP contribution in [0.15, 0.2) is 72.8 Å². The summed E-state index contributed by atoms with van der Waals surface area (Å²) in [5.41, 5.74) is -6.53. The van der Waals surface area contributed by atoms with Gasteiger partial charge in [0, 0.05) is 34.4 Å². The van der Waals surface area contributed by atoms with Crippen LogP contribution in [0.2, 0.25) is 0 Å². The van der Waals surface area contributed by atoms with E-state index < -0.39 is 86.7 Å². The molecule has 0 aromatic heterocycles. The highest BCUT2D eigenvalue weighted by Gasteiger charge is 2.41. The Morgan fingerprint density at radius 3 is 1.23 bits per heavy atom. The van der Waals surface area contributed by atoms with Gasteiger partial charge in [-0.2, -0.15) is 26.3 Å². The fourth-order valence-electron chi connectivity index (χ4n) is 3.88. The Hall–Kier alpha value is -4.55. The van der Waals surface area contributed by atoms with Crippen LogP contribution < -0.4 is 9.47 Å². The van der Waals surface area contributed by atoms with Gasteiger partial charge in [0.25, 0.3) is 0 Å². The lowest BCUT2D eigenvalue weighted by Crippen LogP contribution is -2.20. The lowest BCUT2D eigenvalue weighted by atomic mass is 9.97. The SMILES string of the molecule is O=C(Oc1cccc(-c2ccc(F)cc2F)c1C(F)(F)F)Oc1cccc(-c2ccc(F)cc2F)c1C(F)(F)F. The van der Waals surface area contributed by atoms with Crippen LogP contribution in [0.4, 0.5) is 48.7 Å². The van der Waals surface area contributed by atoms with E-state index in [0.29, 0.717) is 48.5 Å². The maximum absolute atomic E-state index is 14.3. The third kappa shape index (κ3) is 5.87. The average Bonchev–Trinajstić information content (AvgIpc) is 2.82. The molecule has 40 heavy (non-hydrogen) atoms. The number of hydrogen-bond donors (Lipinski definition) is 0. The number of carbonyl (C=O) groups excluding carboxylic acids is 1. The molecule has 3 nitrogen and oxygen atoms in total. The van der Waals surface area contributed by atoms with Crippen molar-refractivity contribution in [1.82, 2.24) is 0 Å². The molecule has 4 rings (SSSR count). The third-order valence-corrected chi connectivity index (χ3v) is 5.45. The molecule has 0 N–H and O–H groups in total. The van der Waals surface area contributed by atoms with E-state index in [9.17, 15) is 48.7 Å². The standard InChI is InChI=1S/C27H12F10O3/c28-13-7-9-15(19(30)11-13)17-3-1-5-21(23(17)26(32,33)34)39-25(38)40-22-6-2-4-18(24(22)27(35,36)37)16-10-8-14(29)12-20(16)31/h1-12H. The summed E-state index contributed by atoms with van der Waals surface area (Å²) in [4.78, 5) is 12.4. The molecule has 0 heterocycles. The van der Waals surface area contributed by atoms with E-state index in [-0.39, 0.29) is 0 Å². The molecule has 0 unspecified atom stereocenters. The summed E-state index contributed by atoms with van der Waals surface area (Å²) in [5, 5.41) is 0. The van der Waals surface area contributed by atoms with Crippen LogP contribution in [-0.4, -0.2) is 6.16 Å². The number of alkyl halides is 6. The number of benzene rings is 4. The quantitative estimate of drug-likeness (QED) is 0.139. The minimum absolute atomic E-state index is 0.326. The van der Waals surface area contributed by atoms with Crippen molar-refractivity contribution < 1.29 is 58.2 Å². The lowest BCUT2D eigenvalue weighted by Gasteiger charge is -2.19. The van der Waals surface area contributed by atoms with Gasteiger partial charge in [0.1, 0.15) is 45.9 Å². The Balaban J connectivity index is 1.75. The lowest BCUT2D eigenvalue weighted by molar-refractivity contribution is -0.138. The molecule has 0 saturated heterocycles. The van der Waals surface area contributed by atoms with Crippen LogP contribution in [0.5, 0.6) is 11.5 Å². The summed E-state index contributed by atoms with van der Waals surface area (Å²) in [7, 11) is 0. The van der Waals surface area contributed by atoms with Crippen molar-refractivity contribution >= 4 is 6.16 Å². The molecule has 0 aliphatic carbocycles. The van der Waals surface area contributed by atoms with E-state index in [4.69, 9.17) is 0 Å². The van der Waals surface area contributed by atoms with Gasteiger partial charge < -0.3 is 9.47 Å². The molecule has 0 atom stereocenters. The fraction of sp³-hybridized carbons (Fsp3) is 0.0741. The Bertz CT molecular complexity index is 1480. The van der Waals surface area contributed by atoms with Gasteiger partial charge >= 0.3 is 18.5 Å². The summed E-state index contributed by atoms with van der Waals surface area (Å²) in [6.07, 6.45) is -12.6. The van der Waals surface area contributed by atoms with E-state index in [1.54, 1.807) is 0 Å². The summed E-state index contributed by atoms with van der Waals surface area (Å²) in [6.45, 7) is 0. The minimum Gasteiger partial charge on any atom is -0.394 e. The van der Waals surface area contributed by atoms with Crippen LogP contribution in [-0.2, 0) is 12.4 Å². The van der Waals surface area contributed by atoms with Crippen LogP contribution in [0.1, 0.15) is 11.1 Å². The Labute approximate surface area is 218 Å². The second kappa shape index (κ2) is 10.5. The van der Waals surface area contributed by atoms with Crippen LogP contribution in [0.25, 0.3) is 22.3 Å². The molecule has 208 valence electrons. The number of halogens is 10. The average molecular weight is 574 g/mol. The highest BCUT2D eigenvalue weighted by atomic mass is 19.4. The van der Waals surface area contributed by atoms with Gasteiger partial charge in [0.05, 0.1) is 0 Å². The zero-order valence-corrected chi connectivity index (χ0v) is 19.4. The van der Waals surface area contributed by atoms with Gasteiger partial charge in [0.15, 0.2) is 0 Å². The maximum Gasteiger partial charge on any atom is 0.519 e. The summed E-state index contributed by atoms with van der Waals surface area (Å²) in [6, 6.07) is 8.18. The molecule has 13 heteroatoms. The number of carbonyl (C=O) groups is 1. The zero-order valence-electron chi connectivity index (χ0n) is 19.4. The first-order valence-electron chi connectivity index (χ1n) is 10.9. The predicted molar refractivity (Wildman–Crippen MR) is 120 cm³/mol. The minimum atomic E-state index is -5.29. The molecule has 0 spiro atoms. The highest BCUT2D eigenvalue weighted by Crippen LogP contribution is 2.45. The van der Waals surface area contributed by atoms with Gasteiger partial charge in [-0.1, -0.05) is 24.3 Å². The van der Waals surface area contributed by atoms with E-state index in [1.165, 1.54) is 0 Å². The van der Waals surface area contributed by atoms with Gasteiger partial charge in [-0.15, -0.1) is 0 Å². The molecule has 4 aromatic carbocycles. The smallest absolute Gasteiger partial charge is 0.394 e. The molecule has 0 aliphatic heterocycles. The highest BCUT2D eigenvalue weighted by molar-refractivity contribution is 5.77. The van der Waals surface area contributed by atoms with Crippen molar-refractivity contribution in [2.45, 2.75) is 12.4 Å². The van der Waals surface area contributed by atoms with Crippen molar-refractivity contribution in [3.8, 4) is 33.8 Å². The van der Waals surface area contributed by atoms with E-state index in [1.807, 2.05) is 0 Å². The maximum atomic E-state index is 14.3. The van der Waals surface area contributed by atoms with E-state index in [2.05, 4.69) is 9.47 Å². The molecule has 4 aromatic rings. The Kier molecular flexibility index (Phi) is 7.50. The predicted octanol–water partition coefficient (Wildman–Crippen LogP) is 9.19. The van der Waals surface area contributed by atoms with Gasteiger partial charge in [0.2, 0.25) is 0 Å². The monoisotopic (exact) mass is 574 g/mol. The first-order chi connectivity index (χ1) is 18.7. The van der Waals surface area contributed by atoms with Crippen molar-refractivity contribution in [1.29, 1.82) is 0 Å². The fourth-order valence-corrected chi connectivity index (χ4v) is 3.88. The summed E-state index contributed by atoms with van der Waals surface area (Å²) < 4.78 is 148. The second-order valence-corrected chi connectivity index (χ2v) is 8.06. The van der Waals surface area contributed by atoms with Crippen LogP contribution in [0.3, 0.4) is 0 Å². The van der Waals surface area contributed by atoms with Crippen LogP contribution in [0, 0.1) is 23.3 Å². The number of ether oxygens (including phenoxy) is 2.